The summed E-state index contributed by atoms with van der Waals surface area (Å²) in [6.45, 7) is 16.6. The molecule has 2 heteroatoms. The molecule has 71 heavy (non-hydrogen) atoms. The van der Waals surface area contributed by atoms with Gasteiger partial charge in [0.05, 0.1) is 0 Å². The monoisotopic (exact) mass is 973 g/mol. The standard InChI is InChI=1S/C69H116N2/c1-67(2)61-21-13-10-18-55(61)58-39-36-52(42-64(58)67)70(49-16-8-7-9-17-49)50-32-28-47(29-33-50)45-24-26-46(27-25-45)48-30-34-51(35-31-48)71(53-37-40-59-56-19-11-14-22-62(56)68(3,4)65(59)43-53)54-38-41-60-57-20-12-15-23-63(57)69(5,6)66(60)44-54/h45-66H,7-44H2,1-6H3. The maximum atomic E-state index is 3.45. The molecule has 2 nitrogen and oxygen atoms in total. The van der Waals surface area contributed by atoms with Crippen LogP contribution in [0.2, 0.25) is 0 Å². The molecule has 0 N–H and O–H groups in total. The molecule has 13 rings (SSSR count). The van der Waals surface area contributed by atoms with Crippen LogP contribution in [0.5, 0.6) is 0 Å². The maximum absolute atomic E-state index is 3.45. The van der Waals surface area contributed by atoms with Crippen LogP contribution in [0.25, 0.3) is 0 Å². The molecular weight excluding hydrogens is 857 g/mol. The first-order chi connectivity index (χ1) is 34.5. The Morgan fingerprint density at radius 3 is 0.789 bits per heavy atom. The second-order valence-corrected chi connectivity index (χ2v) is 32.3. The molecule has 402 valence electrons. The lowest BCUT2D eigenvalue weighted by atomic mass is 9.64. The number of hydrogen-bond donors (Lipinski definition) is 0. The van der Waals surface area contributed by atoms with Crippen LogP contribution < -0.4 is 0 Å². The van der Waals surface area contributed by atoms with Crippen molar-refractivity contribution in [2.75, 3.05) is 0 Å². The lowest BCUT2D eigenvalue weighted by molar-refractivity contribution is -0.0397. The van der Waals surface area contributed by atoms with Gasteiger partial charge in [-0.3, -0.25) is 9.80 Å². The molecule has 13 aliphatic rings. The zero-order valence-electron chi connectivity index (χ0n) is 48.0. The van der Waals surface area contributed by atoms with E-state index < -0.39 is 0 Å². The topological polar surface area (TPSA) is 6.48 Å². The summed E-state index contributed by atoms with van der Waals surface area (Å²) in [6.07, 6.45) is 58.9. The second kappa shape index (κ2) is 20.3. The van der Waals surface area contributed by atoms with E-state index >= 15 is 0 Å². The van der Waals surface area contributed by atoms with Gasteiger partial charge in [0.25, 0.3) is 0 Å². The number of rotatable bonds is 8. The molecule has 0 spiro atoms. The third-order valence-corrected chi connectivity index (χ3v) is 29.2. The smallest absolute Gasteiger partial charge is 0.0104 e. The van der Waals surface area contributed by atoms with Crippen molar-refractivity contribution in [3.63, 3.8) is 0 Å². The summed E-state index contributed by atoms with van der Waals surface area (Å²) in [7, 11) is 0. The summed E-state index contributed by atoms with van der Waals surface area (Å²) in [5.74, 6) is 16.6. The molecule has 0 saturated heterocycles. The lowest BCUT2D eigenvalue weighted by Gasteiger charge is -2.53. The van der Waals surface area contributed by atoms with Crippen LogP contribution in [0.4, 0.5) is 0 Å². The SMILES string of the molecule is CC1(C)C2CCCCC2C2CCC(N(C3CCCCC3)C3CCC(C4CCC(C5CCC(N(C6CCC7C8CCCCC8C(C)(C)C7C6)C6CCC7C8CCCCC8C(C)(C)C7C6)CC5)CC4)CC3)CC21. The van der Waals surface area contributed by atoms with Gasteiger partial charge >= 0.3 is 0 Å². The highest BCUT2D eigenvalue weighted by Gasteiger charge is 2.61. The molecule has 0 heterocycles. The molecule has 15 unspecified atom stereocenters. The van der Waals surface area contributed by atoms with Gasteiger partial charge in [-0.25, -0.2) is 0 Å². The minimum absolute atomic E-state index is 0.566. The fourth-order valence-corrected chi connectivity index (χ4v) is 26.0. The Morgan fingerprint density at radius 1 is 0.211 bits per heavy atom. The minimum atomic E-state index is 0.566. The van der Waals surface area contributed by atoms with Crippen molar-refractivity contribution in [2.45, 2.75) is 322 Å². The maximum Gasteiger partial charge on any atom is 0.0104 e. The Bertz CT molecular complexity index is 1710. The summed E-state index contributed by atoms with van der Waals surface area (Å²) in [5, 5.41) is 0. The molecule has 0 aromatic rings. The van der Waals surface area contributed by atoms with Gasteiger partial charge < -0.3 is 0 Å². The van der Waals surface area contributed by atoms with E-state index in [-0.39, 0.29) is 0 Å². The number of nitrogens with zero attached hydrogens (tertiary/aromatic N) is 2. The van der Waals surface area contributed by atoms with Gasteiger partial charge in [0.2, 0.25) is 0 Å². The minimum Gasteiger partial charge on any atom is -0.294 e. The van der Waals surface area contributed by atoms with Crippen LogP contribution in [0.3, 0.4) is 0 Å². The van der Waals surface area contributed by atoms with Crippen molar-refractivity contribution in [2.24, 2.45) is 111 Å². The fourth-order valence-electron chi connectivity index (χ4n) is 26.0. The first-order valence-electron chi connectivity index (χ1n) is 34.0. The van der Waals surface area contributed by atoms with Crippen molar-refractivity contribution in [1.29, 1.82) is 0 Å². The highest BCUT2D eigenvalue weighted by Crippen LogP contribution is 2.67. The second-order valence-electron chi connectivity index (χ2n) is 32.3. The van der Waals surface area contributed by atoms with Crippen LogP contribution in [0, 0.1) is 111 Å². The van der Waals surface area contributed by atoms with Crippen LogP contribution in [0.1, 0.15) is 286 Å². The van der Waals surface area contributed by atoms with Gasteiger partial charge in [0, 0.05) is 36.3 Å². The molecular formula is C69H116N2. The van der Waals surface area contributed by atoms with Gasteiger partial charge in [-0.15, -0.1) is 0 Å². The molecule has 0 aromatic heterocycles. The van der Waals surface area contributed by atoms with E-state index in [0.29, 0.717) is 16.2 Å². The van der Waals surface area contributed by atoms with Crippen molar-refractivity contribution in [3.05, 3.63) is 0 Å². The predicted octanol–water partition coefficient (Wildman–Crippen LogP) is 18.7. The van der Waals surface area contributed by atoms with Gasteiger partial charge in [0.15, 0.2) is 0 Å². The van der Waals surface area contributed by atoms with Crippen LogP contribution in [-0.2, 0) is 0 Å². The highest BCUT2D eigenvalue weighted by atomic mass is 15.2. The zero-order valence-corrected chi connectivity index (χ0v) is 48.0. The van der Waals surface area contributed by atoms with Gasteiger partial charge in [-0.2, -0.15) is 0 Å². The van der Waals surface area contributed by atoms with E-state index in [4.69, 9.17) is 0 Å². The Labute approximate surface area is 440 Å². The van der Waals surface area contributed by atoms with E-state index in [1.807, 2.05) is 0 Å². The van der Waals surface area contributed by atoms with Crippen LogP contribution >= 0.6 is 0 Å². The molecule has 0 bridgehead atoms. The van der Waals surface area contributed by atoms with E-state index in [2.05, 4.69) is 51.3 Å². The molecule has 13 fully saturated rings. The average Bonchev–Trinajstić information content (AvgIpc) is 3.89. The molecule has 13 saturated carbocycles. The third-order valence-electron chi connectivity index (χ3n) is 29.2. The molecule has 15 atom stereocenters. The summed E-state index contributed by atoms with van der Waals surface area (Å²) < 4.78 is 0. The van der Waals surface area contributed by atoms with Crippen molar-refractivity contribution in [1.82, 2.24) is 9.80 Å². The Hall–Kier alpha value is -0.0800. The van der Waals surface area contributed by atoms with E-state index in [1.165, 1.54) is 70.6 Å². The first kappa shape index (κ1) is 50.4. The van der Waals surface area contributed by atoms with Crippen molar-refractivity contribution in [3.8, 4) is 0 Å². The Morgan fingerprint density at radius 2 is 0.451 bits per heavy atom. The van der Waals surface area contributed by atoms with Crippen molar-refractivity contribution >= 4 is 0 Å². The van der Waals surface area contributed by atoms with Gasteiger partial charge in [-0.1, -0.05) is 99.3 Å². The Balaban J connectivity index is 0.638. The fraction of sp³-hybridized carbons (Fsp3) is 1.00. The normalized spacial score (nSPS) is 50.6. The molecule has 0 amide bonds. The average molecular weight is 974 g/mol. The van der Waals surface area contributed by atoms with E-state index in [9.17, 15) is 0 Å². The van der Waals surface area contributed by atoms with E-state index in [1.54, 1.807) is 173 Å². The first-order valence-corrected chi connectivity index (χ1v) is 34.0. The molecule has 13 aliphatic carbocycles. The lowest BCUT2D eigenvalue weighted by Crippen LogP contribution is -2.55. The molecule has 0 aliphatic heterocycles. The van der Waals surface area contributed by atoms with Gasteiger partial charge in [0.1, 0.15) is 0 Å². The third kappa shape index (κ3) is 8.94. The summed E-state index contributed by atoms with van der Waals surface area (Å²) in [6, 6.07) is 5.36. The largest absolute Gasteiger partial charge is 0.294 e. The number of hydrogen-bond acceptors (Lipinski definition) is 2. The van der Waals surface area contributed by atoms with Crippen LogP contribution in [-0.4, -0.2) is 46.1 Å². The highest BCUT2D eigenvalue weighted by molar-refractivity contribution is 5.11. The van der Waals surface area contributed by atoms with Crippen molar-refractivity contribution < 1.29 is 0 Å². The predicted molar refractivity (Wildman–Crippen MR) is 299 cm³/mol. The zero-order chi connectivity index (χ0) is 48.2. The van der Waals surface area contributed by atoms with Gasteiger partial charge in [-0.05, 0) is 297 Å². The summed E-state index contributed by atoms with van der Waals surface area (Å²) in [5.41, 5.74) is 1.71. The molecule has 0 radical (unpaired) electrons. The molecule has 0 aromatic carbocycles. The Kier molecular flexibility index (Phi) is 14.4. The van der Waals surface area contributed by atoms with E-state index in [0.717, 1.165) is 131 Å². The number of fused-ring (bicyclic) bond motifs is 9. The summed E-state index contributed by atoms with van der Waals surface area (Å²) >= 11 is 0. The quantitative estimate of drug-likeness (QED) is 0.239. The summed E-state index contributed by atoms with van der Waals surface area (Å²) in [4.78, 5) is 6.80. The van der Waals surface area contributed by atoms with Crippen LogP contribution in [0.15, 0.2) is 0 Å².